The smallest absolute Gasteiger partial charge is 0.420 e. The second-order valence-electron chi connectivity index (χ2n) is 4.76. The number of rotatable bonds is 2. The zero-order chi connectivity index (χ0) is 14.4. The van der Waals surface area contributed by atoms with Crippen LogP contribution in [0.3, 0.4) is 0 Å². The number of carboxylic acids is 1. The van der Waals surface area contributed by atoms with E-state index in [0.29, 0.717) is 0 Å². The highest BCUT2D eigenvalue weighted by Gasteiger charge is 2.37. The molecule has 0 aliphatic rings. The maximum absolute atomic E-state index is 12.8. The number of fused-ring (bicyclic) bond motifs is 1. The van der Waals surface area contributed by atoms with Crippen LogP contribution in [0.2, 0.25) is 0 Å². The SMILES string of the molecule is CC(C)(C(=O)O)c1cc2cccc(C(F)(F)F)c2o1. The van der Waals surface area contributed by atoms with Crippen LogP contribution in [0.25, 0.3) is 11.0 Å². The molecule has 0 spiro atoms. The molecule has 1 N–H and O–H groups in total. The monoisotopic (exact) mass is 272 g/mol. The normalized spacial score (nSPS) is 12.9. The Labute approximate surface area is 106 Å². The minimum Gasteiger partial charge on any atom is -0.481 e. The number of halogens is 3. The summed E-state index contributed by atoms with van der Waals surface area (Å²) in [6.45, 7) is 2.75. The average molecular weight is 272 g/mol. The summed E-state index contributed by atoms with van der Waals surface area (Å²) >= 11 is 0. The van der Waals surface area contributed by atoms with Gasteiger partial charge in [-0.25, -0.2) is 0 Å². The molecule has 2 aromatic rings. The number of alkyl halides is 3. The summed E-state index contributed by atoms with van der Waals surface area (Å²) in [4.78, 5) is 11.1. The number of carboxylic acid groups (broad SMARTS) is 1. The molecule has 1 heterocycles. The molecule has 0 unspecified atom stereocenters. The number of aliphatic carboxylic acids is 1. The largest absolute Gasteiger partial charge is 0.481 e. The first-order valence-corrected chi connectivity index (χ1v) is 5.47. The van der Waals surface area contributed by atoms with Gasteiger partial charge in [0.05, 0.1) is 5.56 Å². The van der Waals surface area contributed by atoms with Crippen LogP contribution in [0, 0.1) is 0 Å². The van der Waals surface area contributed by atoms with Gasteiger partial charge in [0.2, 0.25) is 0 Å². The molecule has 102 valence electrons. The van der Waals surface area contributed by atoms with Gasteiger partial charge in [-0.3, -0.25) is 4.79 Å². The summed E-state index contributed by atoms with van der Waals surface area (Å²) in [5, 5.41) is 9.30. The summed E-state index contributed by atoms with van der Waals surface area (Å²) in [5.74, 6) is -1.17. The molecule has 0 aliphatic heterocycles. The van der Waals surface area contributed by atoms with E-state index in [2.05, 4.69) is 0 Å². The molecule has 1 aromatic heterocycles. The van der Waals surface area contributed by atoms with Crippen molar-refractivity contribution in [1.82, 2.24) is 0 Å². The van der Waals surface area contributed by atoms with E-state index in [4.69, 9.17) is 9.52 Å². The van der Waals surface area contributed by atoms with Gasteiger partial charge in [0, 0.05) is 5.39 Å². The molecular formula is C13H11F3O3. The highest BCUT2D eigenvalue weighted by molar-refractivity contribution is 5.85. The standard InChI is InChI=1S/C13H11F3O3/c1-12(2,11(17)18)9-6-7-4-3-5-8(10(7)19-9)13(14,15)16/h3-6H,1-2H3,(H,17,18). The zero-order valence-corrected chi connectivity index (χ0v) is 10.2. The Morgan fingerprint density at radius 2 is 1.89 bits per heavy atom. The van der Waals surface area contributed by atoms with Crippen LogP contribution in [-0.2, 0) is 16.4 Å². The van der Waals surface area contributed by atoms with Gasteiger partial charge < -0.3 is 9.52 Å². The van der Waals surface area contributed by atoms with E-state index >= 15 is 0 Å². The average Bonchev–Trinajstić information content (AvgIpc) is 2.70. The highest BCUT2D eigenvalue weighted by atomic mass is 19.4. The van der Waals surface area contributed by atoms with Crippen LogP contribution < -0.4 is 0 Å². The molecule has 0 radical (unpaired) electrons. The lowest BCUT2D eigenvalue weighted by Gasteiger charge is -2.15. The quantitative estimate of drug-likeness (QED) is 0.904. The lowest BCUT2D eigenvalue weighted by Crippen LogP contribution is -2.27. The van der Waals surface area contributed by atoms with Crippen molar-refractivity contribution in [2.45, 2.75) is 25.4 Å². The summed E-state index contributed by atoms with van der Waals surface area (Å²) in [5.41, 5.74) is -2.63. The maximum Gasteiger partial charge on any atom is 0.420 e. The van der Waals surface area contributed by atoms with Crippen molar-refractivity contribution in [3.05, 3.63) is 35.6 Å². The second-order valence-corrected chi connectivity index (χ2v) is 4.76. The Balaban J connectivity index is 2.68. The van der Waals surface area contributed by atoms with Gasteiger partial charge in [-0.2, -0.15) is 13.2 Å². The molecule has 6 heteroatoms. The molecule has 0 bridgehead atoms. The van der Waals surface area contributed by atoms with Gasteiger partial charge >= 0.3 is 12.1 Å². The van der Waals surface area contributed by atoms with E-state index in [-0.39, 0.29) is 16.7 Å². The van der Waals surface area contributed by atoms with Crippen molar-refractivity contribution in [1.29, 1.82) is 0 Å². The van der Waals surface area contributed by atoms with Gasteiger partial charge in [-0.05, 0) is 26.0 Å². The van der Waals surface area contributed by atoms with Crippen LogP contribution in [0.15, 0.2) is 28.7 Å². The molecule has 0 saturated carbocycles. The van der Waals surface area contributed by atoms with Crippen molar-refractivity contribution in [3.8, 4) is 0 Å². The van der Waals surface area contributed by atoms with E-state index in [1.807, 2.05) is 0 Å². The van der Waals surface area contributed by atoms with E-state index in [1.54, 1.807) is 0 Å². The third kappa shape index (κ3) is 2.18. The van der Waals surface area contributed by atoms with Crippen LogP contribution in [0.4, 0.5) is 13.2 Å². The number of carbonyl (C=O) groups is 1. The first kappa shape index (κ1) is 13.5. The summed E-state index contributed by atoms with van der Waals surface area (Å²) in [7, 11) is 0. The number of benzene rings is 1. The third-order valence-electron chi connectivity index (χ3n) is 3.00. The fraction of sp³-hybridized carbons (Fsp3) is 0.308. The van der Waals surface area contributed by atoms with E-state index in [9.17, 15) is 18.0 Å². The van der Waals surface area contributed by atoms with E-state index < -0.39 is 23.1 Å². The number of hydrogen-bond acceptors (Lipinski definition) is 2. The molecule has 0 aliphatic carbocycles. The molecule has 0 atom stereocenters. The van der Waals surface area contributed by atoms with E-state index in [1.165, 1.54) is 32.0 Å². The number of hydrogen-bond donors (Lipinski definition) is 1. The lowest BCUT2D eigenvalue weighted by atomic mass is 9.90. The minimum absolute atomic E-state index is 0.00769. The van der Waals surface area contributed by atoms with Crippen LogP contribution in [0.5, 0.6) is 0 Å². The minimum atomic E-state index is -4.54. The van der Waals surface area contributed by atoms with Gasteiger partial charge in [0.25, 0.3) is 0 Å². The van der Waals surface area contributed by atoms with Gasteiger partial charge in [-0.15, -0.1) is 0 Å². The van der Waals surface area contributed by atoms with Crippen molar-refractivity contribution in [2.24, 2.45) is 0 Å². The first-order valence-electron chi connectivity index (χ1n) is 5.47. The van der Waals surface area contributed by atoms with Crippen LogP contribution in [-0.4, -0.2) is 11.1 Å². The fourth-order valence-corrected chi connectivity index (χ4v) is 1.70. The Hall–Kier alpha value is -1.98. The molecule has 0 saturated heterocycles. The zero-order valence-electron chi connectivity index (χ0n) is 10.2. The Morgan fingerprint density at radius 1 is 1.26 bits per heavy atom. The van der Waals surface area contributed by atoms with Gasteiger partial charge in [0.15, 0.2) is 0 Å². The van der Waals surface area contributed by atoms with Crippen molar-refractivity contribution >= 4 is 16.9 Å². The van der Waals surface area contributed by atoms with Crippen molar-refractivity contribution < 1.29 is 27.5 Å². The lowest BCUT2D eigenvalue weighted by molar-refractivity contribution is -0.143. The summed E-state index contributed by atoms with van der Waals surface area (Å²) in [6, 6.07) is 4.95. The van der Waals surface area contributed by atoms with Crippen molar-refractivity contribution in [2.75, 3.05) is 0 Å². The predicted molar refractivity (Wildman–Crippen MR) is 61.9 cm³/mol. The molecule has 0 fully saturated rings. The van der Waals surface area contributed by atoms with Crippen molar-refractivity contribution in [3.63, 3.8) is 0 Å². The van der Waals surface area contributed by atoms with Crippen LogP contribution in [0.1, 0.15) is 25.2 Å². The van der Waals surface area contributed by atoms with E-state index in [0.717, 1.165) is 6.07 Å². The van der Waals surface area contributed by atoms with Crippen LogP contribution >= 0.6 is 0 Å². The highest BCUT2D eigenvalue weighted by Crippen LogP contribution is 2.38. The number of para-hydroxylation sites is 1. The Morgan fingerprint density at radius 3 is 2.42 bits per heavy atom. The van der Waals surface area contributed by atoms with Gasteiger partial charge in [0.1, 0.15) is 16.8 Å². The topological polar surface area (TPSA) is 50.4 Å². The summed E-state index contributed by atoms with van der Waals surface area (Å²) in [6.07, 6.45) is -4.54. The molecular weight excluding hydrogens is 261 g/mol. The Bertz CT molecular complexity index is 638. The first-order chi connectivity index (χ1) is 8.64. The predicted octanol–water partition coefficient (Wildman–Crippen LogP) is 3.81. The molecule has 1 aromatic carbocycles. The molecule has 3 nitrogen and oxygen atoms in total. The molecule has 19 heavy (non-hydrogen) atoms. The third-order valence-corrected chi connectivity index (χ3v) is 3.00. The number of furan rings is 1. The molecule has 2 rings (SSSR count). The fourth-order valence-electron chi connectivity index (χ4n) is 1.70. The maximum atomic E-state index is 12.8. The Kier molecular flexibility index (Phi) is 2.84. The second kappa shape index (κ2) is 4.01. The summed E-state index contributed by atoms with van der Waals surface area (Å²) < 4.78 is 43.6. The molecule has 0 amide bonds. The van der Waals surface area contributed by atoms with Gasteiger partial charge in [-0.1, -0.05) is 12.1 Å².